The highest BCUT2D eigenvalue weighted by atomic mass is 35.5. The third-order valence-corrected chi connectivity index (χ3v) is 3.27. The lowest BCUT2D eigenvalue weighted by Crippen LogP contribution is -1.95. The molecule has 2 aromatic carbocycles. The molecule has 0 heterocycles. The van der Waals surface area contributed by atoms with E-state index in [1.165, 1.54) is 25.3 Å². The molecule has 2 aromatic rings. The lowest BCUT2D eigenvalue weighted by Gasteiger charge is -2.12. The molecule has 0 aromatic heterocycles. The Hall–Kier alpha value is -1.98. The van der Waals surface area contributed by atoms with Crippen molar-refractivity contribution in [2.24, 2.45) is 0 Å². The summed E-state index contributed by atoms with van der Waals surface area (Å²) in [5.74, 6) is 1.25. The molecule has 0 unspecified atom stereocenters. The minimum atomic E-state index is -0.507. The molecule has 2 rings (SSSR count). The Morgan fingerprint density at radius 1 is 1.14 bits per heavy atom. The summed E-state index contributed by atoms with van der Waals surface area (Å²) < 4.78 is 10.8. The van der Waals surface area contributed by atoms with Crippen LogP contribution in [0.25, 0.3) is 0 Å². The number of hydrogen-bond donors (Lipinski definition) is 0. The number of alkyl halides is 1. The summed E-state index contributed by atoms with van der Waals surface area (Å²) in [5, 5.41) is 11.3. The van der Waals surface area contributed by atoms with E-state index in [9.17, 15) is 10.1 Å². The maximum atomic E-state index is 10.8. The molecular weight excluding hydrogens is 317 g/mol. The van der Waals surface area contributed by atoms with Gasteiger partial charge in [-0.2, -0.15) is 0 Å². The molecular formula is C14H11Cl2NO4. The second kappa shape index (κ2) is 6.65. The predicted molar refractivity (Wildman–Crippen MR) is 80.7 cm³/mol. The van der Waals surface area contributed by atoms with Crippen molar-refractivity contribution in [2.75, 3.05) is 7.11 Å². The normalized spacial score (nSPS) is 10.2. The average Bonchev–Trinajstić information content (AvgIpc) is 2.47. The molecule has 5 nitrogen and oxygen atoms in total. The topological polar surface area (TPSA) is 61.6 Å². The van der Waals surface area contributed by atoms with Crippen LogP contribution in [0.1, 0.15) is 5.56 Å². The number of nitro benzene ring substituents is 1. The standard InChI is InChI=1S/C14H11Cl2NO4/c1-20-12-5-4-11(17(18)19)7-14(12)21-13-6-10(16)3-2-9(13)8-15/h2-7H,8H2,1H3. The van der Waals surface area contributed by atoms with E-state index in [1.807, 2.05) is 0 Å². The maximum Gasteiger partial charge on any atom is 0.273 e. The Kier molecular flexibility index (Phi) is 4.88. The van der Waals surface area contributed by atoms with Crippen molar-refractivity contribution in [3.05, 3.63) is 57.1 Å². The molecule has 0 aliphatic rings. The summed E-state index contributed by atoms with van der Waals surface area (Å²) in [5.41, 5.74) is 0.620. The second-order valence-corrected chi connectivity index (χ2v) is 4.78. The fourth-order valence-electron chi connectivity index (χ4n) is 1.71. The lowest BCUT2D eigenvalue weighted by atomic mass is 10.2. The van der Waals surface area contributed by atoms with Gasteiger partial charge in [-0.15, -0.1) is 11.6 Å². The summed E-state index contributed by atoms with van der Waals surface area (Å²) in [4.78, 5) is 10.3. The zero-order valence-corrected chi connectivity index (χ0v) is 12.5. The van der Waals surface area contributed by atoms with Crippen LogP contribution in [0.15, 0.2) is 36.4 Å². The van der Waals surface area contributed by atoms with Crippen LogP contribution in [-0.2, 0) is 5.88 Å². The molecule has 0 atom stereocenters. The van der Waals surface area contributed by atoms with Gasteiger partial charge in [0.1, 0.15) is 5.75 Å². The van der Waals surface area contributed by atoms with Gasteiger partial charge in [-0.3, -0.25) is 10.1 Å². The summed E-state index contributed by atoms with van der Waals surface area (Å²) >= 11 is 11.8. The Labute approximate surface area is 131 Å². The molecule has 110 valence electrons. The zero-order chi connectivity index (χ0) is 15.4. The number of non-ortho nitro benzene ring substituents is 1. The first kappa shape index (κ1) is 15.4. The molecule has 0 spiro atoms. The molecule has 0 aliphatic carbocycles. The molecule has 0 saturated heterocycles. The van der Waals surface area contributed by atoms with E-state index in [-0.39, 0.29) is 17.3 Å². The minimum absolute atomic E-state index is 0.0970. The van der Waals surface area contributed by atoms with Crippen molar-refractivity contribution in [1.29, 1.82) is 0 Å². The maximum absolute atomic E-state index is 10.8. The van der Waals surface area contributed by atoms with Crippen molar-refractivity contribution in [3.63, 3.8) is 0 Å². The number of nitro groups is 1. The van der Waals surface area contributed by atoms with E-state index in [1.54, 1.807) is 18.2 Å². The molecule has 0 bridgehead atoms. The number of halogens is 2. The Morgan fingerprint density at radius 3 is 2.52 bits per heavy atom. The number of benzene rings is 2. The van der Waals surface area contributed by atoms with Gasteiger partial charge in [-0.1, -0.05) is 17.7 Å². The van der Waals surface area contributed by atoms with Crippen molar-refractivity contribution in [3.8, 4) is 17.2 Å². The molecule has 21 heavy (non-hydrogen) atoms. The molecule has 7 heteroatoms. The smallest absolute Gasteiger partial charge is 0.273 e. The third kappa shape index (κ3) is 3.56. The third-order valence-electron chi connectivity index (χ3n) is 2.75. The molecule has 0 saturated carbocycles. The quantitative estimate of drug-likeness (QED) is 0.450. The van der Waals surface area contributed by atoms with E-state index in [4.69, 9.17) is 32.7 Å². The molecule has 0 amide bonds. The van der Waals surface area contributed by atoms with E-state index in [0.717, 1.165) is 5.56 Å². The van der Waals surface area contributed by atoms with E-state index in [0.29, 0.717) is 16.5 Å². The molecule has 0 fully saturated rings. The van der Waals surface area contributed by atoms with E-state index < -0.39 is 4.92 Å². The highest BCUT2D eigenvalue weighted by Gasteiger charge is 2.15. The summed E-state index contributed by atoms with van der Waals surface area (Å²) in [6.07, 6.45) is 0. The fourth-order valence-corrected chi connectivity index (χ4v) is 2.09. The largest absolute Gasteiger partial charge is 0.493 e. The fraction of sp³-hybridized carbons (Fsp3) is 0.143. The number of methoxy groups -OCH3 is 1. The number of rotatable bonds is 5. The zero-order valence-electron chi connectivity index (χ0n) is 11.0. The van der Waals surface area contributed by atoms with E-state index in [2.05, 4.69) is 0 Å². The van der Waals surface area contributed by atoms with Crippen LogP contribution in [0.4, 0.5) is 5.69 Å². The first-order valence-corrected chi connectivity index (χ1v) is 6.81. The molecule has 0 N–H and O–H groups in total. The first-order valence-electron chi connectivity index (χ1n) is 5.90. The average molecular weight is 328 g/mol. The summed E-state index contributed by atoms with van der Waals surface area (Å²) in [7, 11) is 1.45. The van der Waals surface area contributed by atoms with Gasteiger partial charge in [-0.25, -0.2) is 0 Å². The van der Waals surface area contributed by atoms with Gasteiger partial charge in [-0.05, 0) is 18.2 Å². The second-order valence-electron chi connectivity index (χ2n) is 4.08. The van der Waals surface area contributed by atoms with Crippen LogP contribution in [0, 0.1) is 10.1 Å². The van der Waals surface area contributed by atoms with Gasteiger partial charge in [0.15, 0.2) is 11.5 Å². The van der Waals surface area contributed by atoms with Gasteiger partial charge in [0.25, 0.3) is 5.69 Å². The van der Waals surface area contributed by atoms with Crippen molar-refractivity contribution in [1.82, 2.24) is 0 Å². The summed E-state index contributed by atoms with van der Waals surface area (Å²) in [6, 6.07) is 9.12. The Bertz CT molecular complexity index is 676. The van der Waals surface area contributed by atoms with Crippen LogP contribution in [0.5, 0.6) is 17.2 Å². The van der Waals surface area contributed by atoms with Gasteiger partial charge in [0.2, 0.25) is 0 Å². The molecule has 0 aliphatic heterocycles. The lowest BCUT2D eigenvalue weighted by molar-refractivity contribution is -0.384. The first-order chi connectivity index (χ1) is 10.0. The number of nitrogens with zero attached hydrogens (tertiary/aromatic N) is 1. The van der Waals surface area contributed by atoms with Crippen LogP contribution in [0.2, 0.25) is 5.02 Å². The minimum Gasteiger partial charge on any atom is -0.493 e. The van der Waals surface area contributed by atoms with Crippen molar-refractivity contribution < 1.29 is 14.4 Å². The van der Waals surface area contributed by atoms with Crippen LogP contribution < -0.4 is 9.47 Å². The highest BCUT2D eigenvalue weighted by Crippen LogP contribution is 2.37. The van der Waals surface area contributed by atoms with Crippen LogP contribution in [-0.4, -0.2) is 12.0 Å². The predicted octanol–water partition coefficient (Wildman–Crippen LogP) is 4.79. The number of ether oxygens (including phenoxy) is 2. The van der Waals surface area contributed by atoms with Crippen molar-refractivity contribution >= 4 is 28.9 Å². The number of hydrogen-bond acceptors (Lipinski definition) is 4. The monoisotopic (exact) mass is 327 g/mol. The van der Waals surface area contributed by atoms with Gasteiger partial charge >= 0.3 is 0 Å². The van der Waals surface area contributed by atoms with Crippen molar-refractivity contribution in [2.45, 2.75) is 5.88 Å². The van der Waals surface area contributed by atoms with Gasteiger partial charge in [0.05, 0.1) is 24.0 Å². The molecule has 0 radical (unpaired) electrons. The van der Waals surface area contributed by atoms with Crippen LogP contribution in [0.3, 0.4) is 0 Å². The Balaban J connectivity index is 2.44. The summed E-state index contributed by atoms with van der Waals surface area (Å²) in [6.45, 7) is 0. The SMILES string of the molecule is COc1ccc([N+](=O)[O-])cc1Oc1cc(Cl)ccc1CCl. The van der Waals surface area contributed by atoms with Gasteiger partial charge in [0, 0.05) is 16.7 Å². The highest BCUT2D eigenvalue weighted by molar-refractivity contribution is 6.30. The van der Waals surface area contributed by atoms with Gasteiger partial charge < -0.3 is 9.47 Å². The van der Waals surface area contributed by atoms with Crippen LogP contribution >= 0.6 is 23.2 Å². The Morgan fingerprint density at radius 2 is 1.90 bits per heavy atom. The van der Waals surface area contributed by atoms with E-state index >= 15 is 0 Å².